The summed E-state index contributed by atoms with van der Waals surface area (Å²) >= 11 is 18.4. The van der Waals surface area contributed by atoms with Gasteiger partial charge >= 0.3 is 0 Å². The smallest absolute Gasteiger partial charge is 0.283 e. The zero-order chi connectivity index (χ0) is 24.4. The fourth-order valence-electron chi connectivity index (χ4n) is 3.31. The molecule has 2 N–H and O–H groups in total. The van der Waals surface area contributed by atoms with Gasteiger partial charge in [-0.25, -0.2) is 4.90 Å². The number of nitrogens with one attached hydrogen (secondary N) is 2. The lowest BCUT2D eigenvalue weighted by Gasteiger charge is -2.17. The van der Waals surface area contributed by atoms with Crippen LogP contribution < -0.4 is 20.3 Å². The molecule has 1 aliphatic heterocycles. The summed E-state index contributed by atoms with van der Waals surface area (Å²) in [6.07, 6.45) is 0. The molecule has 3 aromatic carbocycles. The Morgan fingerprint density at radius 2 is 1.68 bits per heavy atom. The van der Waals surface area contributed by atoms with Crippen LogP contribution in [0.4, 0.5) is 17.1 Å². The molecule has 172 valence electrons. The van der Waals surface area contributed by atoms with Gasteiger partial charge in [-0.15, -0.1) is 0 Å². The van der Waals surface area contributed by atoms with Crippen molar-refractivity contribution in [1.82, 2.24) is 0 Å². The average Bonchev–Trinajstić information content (AvgIpc) is 3.04. The largest absolute Gasteiger partial charge is 0.495 e. The van der Waals surface area contributed by atoms with Gasteiger partial charge in [-0.3, -0.25) is 14.4 Å². The van der Waals surface area contributed by atoms with Crippen molar-refractivity contribution in [3.8, 4) is 5.75 Å². The number of rotatable bonds is 6. The predicted molar refractivity (Wildman–Crippen MR) is 133 cm³/mol. The number of amides is 3. The highest BCUT2D eigenvalue weighted by Gasteiger charge is 2.40. The summed E-state index contributed by atoms with van der Waals surface area (Å²) in [7, 11) is 1.51. The van der Waals surface area contributed by atoms with Crippen molar-refractivity contribution in [1.29, 1.82) is 0 Å². The third-order valence-corrected chi connectivity index (χ3v) is 5.83. The van der Waals surface area contributed by atoms with E-state index in [1.165, 1.54) is 31.4 Å². The highest BCUT2D eigenvalue weighted by molar-refractivity contribution is 6.54. The van der Waals surface area contributed by atoms with Crippen LogP contribution in [0.3, 0.4) is 0 Å². The number of halogens is 3. The van der Waals surface area contributed by atoms with E-state index in [-0.39, 0.29) is 21.4 Å². The Balaban J connectivity index is 1.57. The first-order chi connectivity index (χ1) is 16.3. The Kier molecular flexibility index (Phi) is 6.79. The van der Waals surface area contributed by atoms with Crippen LogP contribution in [0.2, 0.25) is 10.0 Å². The summed E-state index contributed by atoms with van der Waals surface area (Å²) in [5.74, 6) is -1.34. The maximum absolute atomic E-state index is 13.0. The minimum atomic E-state index is -0.747. The fourth-order valence-corrected chi connectivity index (χ4v) is 3.89. The molecule has 7 nitrogen and oxygen atoms in total. The van der Waals surface area contributed by atoms with E-state index in [9.17, 15) is 14.4 Å². The van der Waals surface area contributed by atoms with E-state index in [1.54, 1.807) is 42.5 Å². The normalized spacial score (nSPS) is 13.4. The van der Waals surface area contributed by atoms with E-state index >= 15 is 0 Å². The fraction of sp³-hybridized carbons (Fsp3) is 0.0417. The van der Waals surface area contributed by atoms with Crippen LogP contribution in [0.5, 0.6) is 5.75 Å². The summed E-state index contributed by atoms with van der Waals surface area (Å²) in [6.45, 7) is 0. The van der Waals surface area contributed by atoms with Crippen molar-refractivity contribution >= 4 is 69.6 Å². The first-order valence-corrected chi connectivity index (χ1v) is 11.0. The van der Waals surface area contributed by atoms with Crippen LogP contribution in [0.25, 0.3) is 0 Å². The number of methoxy groups -OCH3 is 1. The monoisotopic (exact) mass is 515 g/mol. The second-order valence-corrected chi connectivity index (χ2v) is 8.31. The summed E-state index contributed by atoms with van der Waals surface area (Å²) in [6, 6.07) is 17.8. The molecule has 10 heteroatoms. The van der Waals surface area contributed by atoms with Gasteiger partial charge in [0, 0.05) is 16.3 Å². The van der Waals surface area contributed by atoms with Gasteiger partial charge in [0.25, 0.3) is 17.7 Å². The number of hydrogen-bond acceptors (Lipinski definition) is 5. The van der Waals surface area contributed by atoms with Gasteiger partial charge in [-0.1, -0.05) is 53.0 Å². The highest BCUT2D eigenvalue weighted by Crippen LogP contribution is 2.36. The summed E-state index contributed by atoms with van der Waals surface area (Å²) in [5, 5.41) is 5.76. The zero-order valence-electron chi connectivity index (χ0n) is 17.6. The number of carbonyl (C=O) groups excluding carboxylic acids is 3. The number of nitrogens with zero attached hydrogens (tertiary/aromatic N) is 1. The van der Waals surface area contributed by atoms with Crippen molar-refractivity contribution in [2.24, 2.45) is 0 Å². The van der Waals surface area contributed by atoms with E-state index < -0.39 is 17.7 Å². The highest BCUT2D eigenvalue weighted by atomic mass is 35.5. The van der Waals surface area contributed by atoms with Crippen LogP contribution in [0.1, 0.15) is 10.4 Å². The van der Waals surface area contributed by atoms with Gasteiger partial charge in [0.2, 0.25) is 0 Å². The lowest BCUT2D eigenvalue weighted by Crippen LogP contribution is -2.32. The van der Waals surface area contributed by atoms with Crippen molar-refractivity contribution in [2.75, 3.05) is 22.6 Å². The van der Waals surface area contributed by atoms with E-state index in [4.69, 9.17) is 39.5 Å². The Morgan fingerprint density at radius 3 is 2.44 bits per heavy atom. The van der Waals surface area contributed by atoms with Gasteiger partial charge < -0.3 is 15.4 Å². The minimum Gasteiger partial charge on any atom is -0.495 e. The molecule has 0 saturated heterocycles. The molecular formula is C24H16Cl3N3O4. The summed E-state index contributed by atoms with van der Waals surface area (Å²) < 4.78 is 5.25. The van der Waals surface area contributed by atoms with Crippen molar-refractivity contribution in [3.05, 3.63) is 93.1 Å². The maximum Gasteiger partial charge on any atom is 0.283 e. The number of anilines is 3. The molecule has 1 aliphatic rings. The van der Waals surface area contributed by atoms with E-state index in [0.717, 1.165) is 4.90 Å². The number of hydrogen-bond donors (Lipinski definition) is 2. The molecule has 0 radical (unpaired) electrons. The predicted octanol–water partition coefficient (Wildman–Crippen LogP) is 5.69. The molecule has 0 saturated carbocycles. The van der Waals surface area contributed by atoms with Crippen LogP contribution in [-0.4, -0.2) is 24.8 Å². The number of benzene rings is 3. The number of ether oxygens (including phenoxy) is 1. The molecule has 0 atom stereocenters. The first kappa shape index (κ1) is 23.6. The van der Waals surface area contributed by atoms with Gasteiger partial charge in [0.05, 0.1) is 23.5 Å². The lowest BCUT2D eigenvalue weighted by molar-refractivity contribution is -0.120. The average molecular weight is 517 g/mol. The molecule has 0 spiro atoms. The quantitative estimate of drug-likeness (QED) is 0.411. The number of para-hydroxylation sites is 2. The Bertz CT molecular complexity index is 1360. The summed E-state index contributed by atoms with van der Waals surface area (Å²) in [5.41, 5.74) is 1.15. The van der Waals surface area contributed by atoms with Crippen LogP contribution in [0, 0.1) is 0 Å². The first-order valence-electron chi connectivity index (χ1n) is 9.85. The van der Waals surface area contributed by atoms with Gasteiger partial charge in [-0.05, 0) is 48.5 Å². The molecule has 0 unspecified atom stereocenters. The summed E-state index contributed by atoms with van der Waals surface area (Å²) in [4.78, 5) is 39.4. The molecular weight excluding hydrogens is 501 g/mol. The van der Waals surface area contributed by atoms with Gasteiger partial charge in [0.15, 0.2) is 0 Å². The van der Waals surface area contributed by atoms with Crippen LogP contribution in [0.15, 0.2) is 77.5 Å². The maximum atomic E-state index is 13.0. The minimum absolute atomic E-state index is 0.115. The molecule has 3 aromatic rings. The van der Waals surface area contributed by atoms with Crippen molar-refractivity contribution < 1.29 is 19.1 Å². The molecule has 0 aromatic heterocycles. The van der Waals surface area contributed by atoms with Crippen LogP contribution in [-0.2, 0) is 9.59 Å². The molecule has 0 aliphatic carbocycles. The second kappa shape index (κ2) is 9.77. The van der Waals surface area contributed by atoms with E-state index in [2.05, 4.69) is 10.6 Å². The lowest BCUT2D eigenvalue weighted by atomic mass is 10.1. The van der Waals surface area contributed by atoms with Crippen molar-refractivity contribution in [3.63, 3.8) is 0 Å². The SMILES string of the molecule is COc1ccccc1NC(=O)c1cccc(NC2=C(Cl)C(=O)N(c3cc(Cl)ccc3Cl)C2=O)c1. The molecule has 3 amide bonds. The number of imide groups is 1. The molecule has 0 fully saturated rings. The molecule has 0 bridgehead atoms. The third kappa shape index (κ3) is 4.59. The van der Waals surface area contributed by atoms with Gasteiger partial charge in [0.1, 0.15) is 16.5 Å². The Hall–Kier alpha value is -3.52. The Labute approximate surface area is 209 Å². The van der Waals surface area contributed by atoms with E-state index in [0.29, 0.717) is 27.7 Å². The molecule has 34 heavy (non-hydrogen) atoms. The molecule has 1 heterocycles. The van der Waals surface area contributed by atoms with E-state index in [1.807, 2.05) is 0 Å². The van der Waals surface area contributed by atoms with Crippen molar-refractivity contribution in [2.45, 2.75) is 0 Å². The topological polar surface area (TPSA) is 87.7 Å². The number of carbonyl (C=O) groups is 3. The Morgan fingerprint density at radius 1 is 0.912 bits per heavy atom. The third-order valence-electron chi connectivity index (χ3n) is 4.93. The molecule has 4 rings (SSSR count). The second-order valence-electron chi connectivity index (χ2n) is 7.09. The van der Waals surface area contributed by atoms with Gasteiger partial charge in [-0.2, -0.15) is 0 Å². The van der Waals surface area contributed by atoms with Crippen LogP contribution >= 0.6 is 34.8 Å². The zero-order valence-corrected chi connectivity index (χ0v) is 19.8. The standard InChI is InChI=1S/C24H16Cl3N3O4/c1-34-19-8-3-2-7-17(19)29-22(31)13-5-4-6-15(11-13)28-21-20(27)23(32)30(24(21)33)18-12-14(25)9-10-16(18)26/h2-12,28H,1H3,(H,29,31).